The highest BCUT2D eigenvalue weighted by Gasteiger charge is 2.06. The number of hydrogen-bond acceptors (Lipinski definition) is 2. The Labute approximate surface area is 83.2 Å². The van der Waals surface area contributed by atoms with Crippen molar-refractivity contribution < 1.29 is 9.53 Å². The van der Waals surface area contributed by atoms with E-state index >= 15 is 0 Å². The summed E-state index contributed by atoms with van der Waals surface area (Å²) in [6, 6.07) is 7.20. The van der Waals surface area contributed by atoms with E-state index in [2.05, 4.69) is 0 Å². The van der Waals surface area contributed by atoms with E-state index in [0.717, 1.165) is 11.3 Å². The molecule has 0 aromatic heterocycles. The fraction of sp³-hybridized carbons (Fsp3) is 0.182. The molecular formula is C11H13NO2. The van der Waals surface area contributed by atoms with Crippen LogP contribution in [0.2, 0.25) is 0 Å². The Bertz CT molecular complexity index is 352. The quantitative estimate of drug-likeness (QED) is 0.737. The molecule has 3 heteroatoms. The van der Waals surface area contributed by atoms with Crippen LogP contribution in [0, 0.1) is 0 Å². The average Bonchev–Trinajstić information content (AvgIpc) is 2.19. The lowest BCUT2D eigenvalue weighted by atomic mass is 10.1. The van der Waals surface area contributed by atoms with Crippen molar-refractivity contribution in [3.63, 3.8) is 0 Å². The van der Waals surface area contributed by atoms with Gasteiger partial charge in [0.15, 0.2) is 0 Å². The molecule has 0 fully saturated rings. The van der Waals surface area contributed by atoms with E-state index in [1.54, 1.807) is 44.4 Å². The largest absolute Gasteiger partial charge is 0.497 e. The van der Waals surface area contributed by atoms with Crippen molar-refractivity contribution in [3.05, 3.63) is 35.9 Å². The number of methoxy groups -OCH3 is 1. The molecule has 0 spiro atoms. The standard InChI is InChI=1S/C11H13NO2/c1-3-10(11(12)13)8-4-6-9(14-2)7-5-8/h3-7H,1-2H3,(H2,12,13). The molecule has 1 aromatic rings. The summed E-state index contributed by atoms with van der Waals surface area (Å²) in [5.41, 5.74) is 6.54. The van der Waals surface area contributed by atoms with Crippen molar-refractivity contribution in [2.24, 2.45) is 5.73 Å². The van der Waals surface area contributed by atoms with Gasteiger partial charge in [-0.1, -0.05) is 18.2 Å². The molecule has 0 saturated heterocycles. The van der Waals surface area contributed by atoms with Gasteiger partial charge < -0.3 is 10.5 Å². The Kier molecular flexibility index (Phi) is 3.29. The molecule has 0 aliphatic rings. The van der Waals surface area contributed by atoms with E-state index in [0.29, 0.717) is 5.57 Å². The summed E-state index contributed by atoms with van der Waals surface area (Å²) < 4.78 is 5.01. The molecule has 1 rings (SSSR count). The van der Waals surface area contributed by atoms with Gasteiger partial charge in [-0.3, -0.25) is 4.79 Å². The Morgan fingerprint density at radius 2 is 1.93 bits per heavy atom. The number of amides is 1. The zero-order chi connectivity index (χ0) is 10.6. The number of allylic oxidation sites excluding steroid dienone is 1. The normalized spacial score (nSPS) is 11.1. The van der Waals surface area contributed by atoms with E-state index < -0.39 is 5.91 Å². The predicted molar refractivity (Wildman–Crippen MR) is 55.8 cm³/mol. The fourth-order valence-electron chi connectivity index (χ4n) is 1.22. The minimum Gasteiger partial charge on any atom is -0.497 e. The number of hydrogen-bond donors (Lipinski definition) is 1. The highest BCUT2D eigenvalue weighted by atomic mass is 16.5. The molecule has 1 amide bonds. The predicted octanol–water partition coefficient (Wildman–Crippen LogP) is 1.58. The van der Waals surface area contributed by atoms with E-state index in [9.17, 15) is 4.79 Å². The topological polar surface area (TPSA) is 52.3 Å². The van der Waals surface area contributed by atoms with E-state index in [1.165, 1.54) is 0 Å². The van der Waals surface area contributed by atoms with Crippen LogP contribution in [0.4, 0.5) is 0 Å². The minimum absolute atomic E-state index is 0.419. The first-order valence-electron chi connectivity index (χ1n) is 4.29. The van der Waals surface area contributed by atoms with Gasteiger partial charge in [-0.25, -0.2) is 0 Å². The van der Waals surface area contributed by atoms with Crippen LogP contribution in [0.3, 0.4) is 0 Å². The lowest BCUT2D eigenvalue weighted by Gasteiger charge is -2.04. The van der Waals surface area contributed by atoms with E-state index in [1.807, 2.05) is 0 Å². The Balaban J connectivity index is 3.02. The smallest absolute Gasteiger partial charge is 0.248 e. The van der Waals surface area contributed by atoms with Gasteiger partial charge in [0.2, 0.25) is 5.91 Å². The van der Waals surface area contributed by atoms with Crippen LogP contribution in [0.15, 0.2) is 30.3 Å². The summed E-state index contributed by atoms with van der Waals surface area (Å²) in [7, 11) is 1.60. The van der Waals surface area contributed by atoms with Gasteiger partial charge in [0.05, 0.1) is 7.11 Å². The zero-order valence-corrected chi connectivity index (χ0v) is 8.28. The van der Waals surface area contributed by atoms with Crippen LogP contribution in [0.5, 0.6) is 5.75 Å². The average molecular weight is 191 g/mol. The first-order chi connectivity index (χ1) is 6.69. The molecule has 0 heterocycles. The van der Waals surface area contributed by atoms with Crippen LogP contribution in [-0.2, 0) is 4.79 Å². The third-order valence-corrected chi connectivity index (χ3v) is 1.96. The molecule has 2 N–H and O–H groups in total. The molecule has 3 nitrogen and oxygen atoms in total. The number of rotatable bonds is 3. The molecule has 0 aliphatic heterocycles. The highest BCUT2D eigenvalue weighted by Crippen LogP contribution is 2.17. The molecule has 0 atom stereocenters. The third kappa shape index (κ3) is 2.13. The second-order valence-electron chi connectivity index (χ2n) is 2.80. The maximum Gasteiger partial charge on any atom is 0.248 e. The summed E-state index contributed by atoms with van der Waals surface area (Å²) in [6.07, 6.45) is 1.70. The van der Waals surface area contributed by atoms with Crippen LogP contribution in [0.25, 0.3) is 5.57 Å². The summed E-state index contributed by atoms with van der Waals surface area (Å²) in [5.74, 6) is 0.339. The number of carbonyl (C=O) groups is 1. The van der Waals surface area contributed by atoms with Gasteiger partial charge in [0.1, 0.15) is 5.75 Å². The molecule has 0 unspecified atom stereocenters. The Morgan fingerprint density at radius 1 is 1.36 bits per heavy atom. The molecule has 74 valence electrons. The van der Waals surface area contributed by atoms with Crippen LogP contribution in [0.1, 0.15) is 12.5 Å². The highest BCUT2D eigenvalue weighted by molar-refractivity contribution is 6.18. The third-order valence-electron chi connectivity index (χ3n) is 1.96. The molecule has 0 aliphatic carbocycles. The second-order valence-corrected chi connectivity index (χ2v) is 2.80. The van der Waals surface area contributed by atoms with Crippen molar-refractivity contribution >= 4 is 11.5 Å². The molecule has 14 heavy (non-hydrogen) atoms. The number of carbonyl (C=O) groups excluding carboxylic acids is 1. The van der Waals surface area contributed by atoms with Crippen molar-refractivity contribution in [1.29, 1.82) is 0 Å². The van der Waals surface area contributed by atoms with Gasteiger partial charge in [-0.05, 0) is 24.6 Å². The first kappa shape index (κ1) is 10.3. The summed E-state index contributed by atoms with van der Waals surface area (Å²) in [5, 5.41) is 0. The monoisotopic (exact) mass is 191 g/mol. The number of ether oxygens (including phenoxy) is 1. The van der Waals surface area contributed by atoms with Crippen molar-refractivity contribution in [1.82, 2.24) is 0 Å². The lowest BCUT2D eigenvalue weighted by molar-refractivity contribution is -0.112. The first-order valence-corrected chi connectivity index (χ1v) is 4.29. The maximum absolute atomic E-state index is 11.0. The molecule has 0 radical (unpaired) electrons. The summed E-state index contributed by atoms with van der Waals surface area (Å²) in [4.78, 5) is 11.0. The van der Waals surface area contributed by atoms with Crippen LogP contribution >= 0.6 is 0 Å². The molecule has 0 saturated carbocycles. The maximum atomic E-state index is 11.0. The lowest BCUT2D eigenvalue weighted by Crippen LogP contribution is -2.12. The Hall–Kier alpha value is -1.77. The van der Waals surface area contributed by atoms with Crippen LogP contribution in [-0.4, -0.2) is 13.0 Å². The summed E-state index contributed by atoms with van der Waals surface area (Å²) >= 11 is 0. The van der Waals surface area contributed by atoms with Gasteiger partial charge in [-0.15, -0.1) is 0 Å². The minimum atomic E-state index is -0.419. The zero-order valence-electron chi connectivity index (χ0n) is 8.28. The second kappa shape index (κ2) is 4.46. The van der Waals surface area contributed by atoms with Crippen molar-refractivity contribution in [2.45, 2.75) is 6.92 Å². The van der Waals surface area contributed by atoms with Gasteiger partial charge in [0.25, 0.3) is 0 Å². The van der Waals surface area contributed by atoms with E-state index in [4.69, 9.17) is 10.5 Å². The van der Waals surface area contributed by atoms with Gasteiger partial charge >= 0.3 is 0 Å². The molecular weight excluding hydrogens is 178 g/mol. The Morgan fingerprint density at radius 3 is 2.29 bits per heavy atom. The molecule has 0 bridgehead atoms. The van der Waals surface area contributed by atoms with Gasteiger partial charge in [0, 0.05) is 5.57 Å². The number of nitrogens with two attached hydrogens (primary N) is 1. The SMILES string of the molecule is CC=C(C(N)=O)c1ccc(OC)cc1. The van der Waals surface area contributed by atoms with Crippen molar-refractivity contribution in [3.8, 4) is 5.75 Å². The van der Waals surface area contributed by atoms with Crippen molar-refractivity contribution in [2.75, 3.05) is 7.11 Å². The van der Waals surface area contributed by atoms with E-state index in [-0.39, 0.29) is 0 Å². The summed E-state index contributed by atoms with van der Waals surface area (Å²) in [6.45, 7) is 1.78. The van der Waals surface area contributed by atoms with Crippen LogP contribution < -0.4 is 10.5 Å². The van der Waals surface area contributed by atoms with Gasteiger partial charge in [-0.2, -0.15) is 0 Å². The number of primary amides is 1. The number of benzene rings is 1. The molecule has 1 aromatic carbocycles. The fourth-order valence-corrected chi connectivity index (χ4v) is 1.22.